The van der Waals surface area contributed by atoms with Gasteiger partial charge < -0.3 is 4.90 Å². The first-order valence-electron chi connectivity index (χ1n) is 11.1. The van der Waals surface area contributed by atoms with Crippen molar-refractivity contribution < 1.29 is 12.8 Å². The van der Waals surface area contributed by atoms with Gasteiger partial charge in [-0.15, -0.1) is 11.3 Å². The van der Waals surface area contributed by atoms with E-state index in [0.717, 1.165) is 49.5 Å². The summed E-state index contributed by atoms with van der Waals surface area (Å²) in [6, 6.07) is 16.6. The fourth-order valence-corrected chi connectivity index (χ4v) is 6.72. The molecule has 1 saturated heterocycles. The van der Waals surface area contributed by atoms with E-state index in [-0.39, 0.29) is 10.0 Å². The lowest BCUT2D eigenvalue weighted by molar-refractivity contribution is 0.203. The zero-order chi connectivity index (χ0) is 23.4. The predicted molar refractivity (Wildman–Crippen MR) is 132 cm³/mol. The lowest BCUT2D eigenvalue weighted by Gasteiger charge is -2.38. The molecule has 9 heteroatoms. The molecule has 33 heavy (non-hydrogen) atoms. The largest absolute Gasteiger partial charge is 0.371 e. The molecule has 1 aromatic carbocycles. The number of aromatic nitrogens is 1. The Labute approximate surface area is 199 Å². The summed E-state index contributed by atoms with van der Waals surface area (Å²) in [7, 11) is -1.79. The van der Waals surface area contributed by atoms with Gasteiger partial charge >= 0.3 is 0 Å². The second kappa shape index (κ2) is 10.2. The molecule has 1 N–H and O–H groups in total. The summed E-state index contributed by atoms with van der Waals surface area (Å²) in [6.07, 6.45) is 2.79. The smallest absolute Gasteiger partial charge is 0.272 e. The number of benzene rings is 1. The molecule has 0 unspecified atom stereocenters. The van der Waals surface area contributed by atoms with Crippen molar-refractivity contribution in [3.63, 3.8) is 0 Å². The second-order valence-corrected chi connectivity index (χ2v) is 11.3. The first-order chi connectivity index (χ1) is 15.9. The third-order valence-electron chi connectivity index (χ3n) is 6.04. The normalized spacial score (nSPS) is 15.5. The number of halogens is 1. The number of pyridine rings is 1. The van der Waals surface area contributed by atoms with Crippen molar-refractivity contribution in [2.24, 2.45) is 0 Å². The first-order valence-corrected chi connectivity index (χ1v) is 13.4. The fraction of sp³-hybridized carbons (Fsp3) is 0.375. The van der Waals surface area contributed by atoms with Gasteiger partial charge in [0.25, 0.3) is 10.0 Å². The highest BCUT2D eigenvalue weighted by molar-refractivity contribution is 7.94. The number of nitrogens with one attached hydrogen (secondary N) is 1. The highest BCUT2D eigenvalue weighted by Gasteiger charge is 2.27. The number of nitrogens with zero attached hydrogens (tertiary/aromatic N) is 3. The molecular formula is C24H29FN4O2S2. The summed E-state index contributed by atoms with van der Waals surface area (Å²) in [4.78, 5) is 9.34. The van der Waals surface area contributed by atoms with E-state index in [1.807, 2.05) is 13.0 Å². The van der Waals surface area contributed by atoms with Crippen LogP contribution in [0.1, 0.15) is 30.2 Å². The molecule has 176 valence electrons. The highest BCUT2D eigenvalue weighted by Crippen LogP contribution is 2.36. The van der Waals surface area contributed by atoms with E-state index < -0.39 is 16.0 Å². The second-order valence-electron chi connectivity index (χ2n) is 8.28. The molecule has 0 saturated carbocycles. The van der Waals surface area contributed by atoms with E-state index in [0.29, 0.717) is 6.04 Å². The zero-order valence-electron chi connectivity index (χ0n) is 18.9. The van der Waals surface area contributed by atoms with Crippen LogP contribution in [0.3, 0.4) is 0 Å². The van der Waals surface area contributed by atoms with E-state index in [4.69, 9.17) is 0 Å². The molecule has 4 rings (SSSR count). The predicted octanol–water partition coefficient (Wildman–Crippen LogP) is 4.75. The number of anilines is 2. The van der Waals surface area contributed by atoms with Crippen molar-refractivity contribution in [3.8, 4) is 0 Å². The molecule has 6 nitrogen and oxygen atoms in total. The molecule has 0 aliphatic carbocycles. The van der Waals surface area contributed by atoms with Crippen LogP contribution in [0.4, 0.5) is 15.9 Å². The third kappa shape index (κ3) is 5.72. The van der Waals surface area contributed by atoms with Crippen molar-refractivity contribution in [1.29, 1.82) is 0 Å². The van der Waals surface area contributed by atoms with E-state index in [2.05, 4.69) is 50.8 Å². The average molecular weight is 489 g/mol. The van der Waals surface area contributed by atoms with Crippen LogP contribution < -0.4 is 9.62 Å². The Morgan fingerprint density at radius 2 is 1.88 bits per heavy atom. The summed E-state index contributed by atoms with van der Waals surface area (Å²) in [5.41, 5.74) is 2.28. The van der Waals surface area contributed by atoms with Gasteiger partial charge in [0, 0.05) is 37.6 Å². The van der Waals surface area contributed by atoms with Gasteiger partial charge in [0.1, 0.15) is 10.0 Å². The Morgan fingerprint density at radius 1 is 1.15 bits per heavy atom. The molecular weight excluding hydrogens is 459 g/mol. The average Bonchev–Trinajstić information content (AvgIpc) is 3.25. The summed E-state index contributed by atoms with van der Waals surface area (Å²) in [5, 5.41) is 0. The lowest BCUT2D eigenvalue weighted by Crippen LogP contribution is -2.43. The molecule has 0 atom stereocenters. The summed E-state index contributed by atoms with van der Waals surface area (Å²) >= 11 is 1.26. The van der Waals surface area contributed by atoms with Crippen molar-refractivity contribution >= 4 is 32.9 Å². The summed E-state index contributed by atoms with van der Waals surface area (Å²) < 4.78 is 41.8. The molecule has 0 amide bonds. The quantitative estimate of drug-likeness (QED) is 0.464. The van der Waals surface area contributed by atoms with Gasteiger partial charge in [0.15, 0.2) is 0 Å². The van der Waals surface area contributed by atoms with Crippen LogP contribution in [0.25, 0.3) is 0 Å². The maximum absolute atomic E-state index is 13.4. The zero-order valence-corrected chi connectivity index (χ0v) is 20.5. The Bertz CT molecular complexity index is 1180. The fourth-order valence-electron chi connectivity index (χ4n) is 4.24. The van der Waals surface area contributed by atoms with Gasteiger partial charge in [0.2, 0.25) is 5.95 Å². The monoisotopic (exact) mass is 488 g/mol. The number of likely N-dealkylation sites (tertiary alicyclic amines) is 1. The molecule has 3 aromatic rings. The number of thiophene rings is 1. The standard InChI is InChI=1S/C24H29FN4O2S2/c1-3-21-20(16-24(32-21)33(30,31)27-23-11-7-10-22(25)26-23)28(2)19-12-14-29(15-13-19)17-18-8-5-4-6-9-18/h4-11,16,19H,3,12-15,17H2,1-2H3,(H,26,27). The summed E-state index contributed by atoms with van der Waals surface area (Å²) in [6.45, 7) is 5.00. The molecule has 2 aromatic heterocycles. The van der Waals surface area contributed by atoms with Crippen LogP contribution in [0, 0.1) is 5.95 Å². The van der Waals surface area contributed by atoms with E-state index in [9.17, 15) is 12.8 Å². The molecule has 0 bridgehead atoms. The maximum atomic E-state index is 13.4. The number of hydrogen-bond acceptors (Lipinski definition) is 6. The van der Waals surface area contributed by atoms with Crippen LogP contribution >= 0.6 is 11.3 Å². The lowest BCUT2D eigenvalue weighted by atomic mass is 10.0. The first kappa shape index (κ1) is 23.7. The van der Waals surface area contributed by atoms with Gasteiger partial charge in [-0.25, -0.2) is 13.4 Å². The Hall–Kier alpha value is -2.49. The number of sulfonamides is 1. The SMILES string of the molecule is CCc1sc(S(=O)(=O)Nc2cccc(F)n2)cc1N(C)C1CCN(Cc2ccccc2)CC1. The van der Waals surface area contributed by atoms with Crippen LogP contribution in [0.5, 0.6) is 0 Å². The minimum Gasteiger partial charge on any atom is -0.371 e. The minimum absolute atomic E-state index is 0.0258. The summed E-state index contributed by atoms with van der Waals surface area (Å²) in [5.74, 6) is -0.753. The van der Waals surface area contributed by atoms with E-state index >= 15 is 0 Å². The number of aryl methyl sites for hydroxylation is 1. The molecule has 1 aliphatic heterocycles. The molecule has 3 heterocycles. The third-order valence-corrected chi connectivity index (χ3v) is 9.13. The highest BCUT2D eigenvalue weighted by atomic mass is 32.2. The van der Waals surface area contributed by atoms with Crippen molar-refractivity contribution in [2.45, 2.75) is 43.0 Å². The van der Waals surface area contributed by atoms with Crippen molar-refractivity contribution in [2.75, 3.05) is 29.8 Å². The number of rotatable bonds is 8. The molecule has 1 aliphatic rings. The van der Waals surface area contributed by atoms with Crippen LogP contribution in [0.2, 0.25) is 0 Å². The van der Waals surface area contributed by atoms with Crippen molar-refractivity contribution in [1.82, 2.24) is 9.88 Å². The number of piperidine rings is 1. The van der Waals surface area contributed by atoms with Crippen molar-refractivity contribution in [3.05, 3.63) is 71.0 Å². The Morgan fingerprint density at radius 3 is 2.55 bits per heavy atom. The Balaban J connectivity index is 1.44. The van der Waals surface area contributed by atoms with E-state index in [1.54, 1.807) is 6.07 Å². The van der Waals surface area contributed by atoms with Gasteiger partial charge in [-0.05, 0) is 43.0 Å². The topological polar surface area (TPSA) is 65.5 Å². The Kier molecular flexibility index (Phi) is 7.31. The van der Waals surface area contributed by atoms with Crippen LogP contribution in [-0.2, 0) is 23.0 Å². The molecule has 0 radical (unpaired) electrons. The minimum atomic E-state index is -3.85. The van der Waals surface area contributed by atoms with E-state index in [1.165, 1.54) is 35.1 Å². The van der Waals surface area contributed by atoms with Gasteiger partial charge in [-0.2, -0.15) is 4.39 Å². The van der Waals surface area contributed by atoms with Gasteiger partial charge in [-0.3, -0.25) is 9.62 Å². The molecule has 1 fully saturated rings. The van der Waals surface area contributed by atoms with Crippen LogP contribution in [-0.4, -0.2) is 44.5 Å². The maximum Gasteiger partial charge on any atom is 0.272 e. The van der Waals surface area contributed by atoms with Crippen LogP contribution in [0.15, 0.2) is 58.8 Å². The number of hydrogen-bond donors (Lipinski definition) is 1. The molecule has 0 spiro atoms. The van der Waals surface area contributed by atoms with Gasteiger partial charge in [-0.1, -0.05) is 43.3 Å². The van der Waals surface area contributed by atoms with Gasteiger partial charge in [0.05, 0.1) is 5.69 Å².